The number of hydrogen-bond donors (Lipinski definition) is 0. The van der Waals surface area contributed by atoms with E-state index in [0.717, 1.165) is 17.7 Å². The molecule has 0 aliphatic carbocycles. The van der Waals surface area contributed by atoms with Crippen LogP contribution in [0.25, 0.3) is 0 Å². The standard InChI is InChI=1S/C15H15N3/c1-2-15(12-16,13-7-4-3-5-8-13)11-14-9-6-10-17-18-14/h3-10H,2,11H2,1H3. The molecule has 0 saturated heterocycles. The molecule has 0 spiro atoms. The molecule has 1 aromatic heterocycles. The minimum Gasteiger partial charge on any atom is -0.197 e. The van der Waals surface area contributed by atoms with Gasteiger partial charge in [-0.05, 0) is 24.1 Å². The molecule has 0 N–H and O–H groups in total. The molecular formula is C15H15N3. The van der Waals surface area contributed by atoms with Gasteiger partial charge in [0.1, 0.15) is 0 Å². The van der Waals surface area contributed by atoms with Crippen molar-refractivity contribution in [3.63, 3.8) is 0 Å². The lowest BCUT2D eigenvalue weighted by Gasteiger charge is -2.25. The number of benzene rings is 1. The fourth-order valence-corrected chi connectivity index (χ4v) is 2.11. The molecule has 0 saturated carbocycles. The van der Waals surface area contributed by atoms with E-state index in [1.807, 2.05) is 49.4 Å². The third kappa shape index (κ3) is 2.38. The maximum atomic E-state index is 9.59. The van der Waals surface area contributed by atoms with Crippen molar-refractivity contribution in [1.82, 2.24) is 10.2 Å². The molecule has 0 aliphatic heterocycles. The Morgan fingerprint density at radius 3 is 2.50 bits per heavy atom. The van der Waals surface area contributed by atoms with Gasteiger partial charge in [0.2, 0.25) is 0 Å². The molecule has 1 heterocycles. The predicted octanol–water partition coefficient (Wildman–Crippen LogP) is 2.89. The average molecular weight is 237 g/mol. The van der Waals surface area contributed by atoms with E-state index in [2.05, 4.69) is 16.3 Å². The highest BCUT2D eigenvalue weighted by atomic mass is 15.1. The van der Waals surface area contributed by atoms with Gasteiger partial charge in [-0.2, -0.15) is 15.5 Å². The molecule has 1 unspecified atom stereocenters. The Balaban J connectivity index is 2.37. The van der Waals surface area contributed by atoms with Crippen molar-refractivity contribution >= 4 is 0 Å². The van der Waals surface area contributed by atoms with Crippen LogP contribution in [0.2, 0.25) is 0 Å². The molecule has 90 valence electrons. The van der Waals surface area contributed by atoms with E-state index in [9.17, 15) is 5.26 Å². The Kier molecular flexibility index (Phi) is 3.69. The van der Waals surface area contributed by atoms with Crippen LogP contribution in [0.5, 0.6) is 0 Å². The second-order valence-corrected chi connectivity index (χ2v) is 4.31. The van der Waals surface area contributed by atoms with E-state index < -0.39 is 5.41 Å². The monoisotopic (exact) mass is 237 g/mol. The van der Waals surface area contributed by atoms with Crippen molar-refractivity contribution in [2.45, 2.75) is 25.2 Å². The van der Waals surface area contributed by atoms with Crippen LogP contribution in [0, 0.1) is 11.3 Å². The third-order valence-corrected chi connectivity index (χ3v) is 3.25. The van der Waals surface area contributed by atoms with Gasteiger partial charge in [0, 0.05) is 12.6 Å². The van der Waals surface area contributed by atoms with Crippen molar-refractivity contribution in [3.8, 4) is 6.07 Å². The van der Waals surface area contributed by atoms with Crippen molar-refractivity contribution in [3.05, 3.63) is 59.9 Å². The van der Waals surface area contributed by atoms with Gasteiger partial charge in [0.05, 0.1) is 17.2 Å². The Morgan fingerprint density at radius 2 is 1.94 bits per heavy atom. The largest absolute Gasteiger partial charge is 0.197 e. The van der Waals surface area contributed by atoms with Crippen LogP contribution in [-0.4, -0.2) is 10.2 Å². The molecule has 2 aromatic rings. The molecule has 0 amide bonds. The topological polar surface area (TPSA) is 49.6 Å². The van der Waals surface area contributed by atoms with Gasteiger partial charge in [-0.1, -0.05) is 37.3 Å². The van der Waals surface area contributed by atoms with E-state index in [-0.39, 0.29) is 0 Å². The highest BCUT2D eigenvalue weighted by Gasteiger charge is 2.31. The molecule has 3 heteroatoms. The van der Waals surface area contributed by atoms with Gasteiger partial charge < -0.3 is 0 Å². The molecule has 1 atom stereocenters. The van der Waals surface area contributed by atoms with Crippen LogP contribution in [-0.2, 0) is 11.8 Å². The summed E-state index contributed by atoms with van der Waals surface area (Å²) < 4.78 is 0. The highest BCUT2D eigenvalue weighted by molar-refractivity contribution is 5.34. The lowest BCUT2D eigenvalue weighted by atomic mass is 9.76. The van der Waals surface area contributed by atoms with Crippen molar-refractivity contribution in [2.75, 3.05) is 0 Å². The van der Waals surface area contributed by atoms with Crippen LogP contribution in [0.15, 0.2) is 48.7 Å². The molecule has 1 aromatic carbocycles. The highest BCUT2D eigenvalue weighted by Crippen LogP contribution is 2.30. The Labute approximate surface area is 107 Å². The summed E-state index contributed by atoms with van der Waals surface area (Å²) in [5, 5.41) is 17.5. The predicted molar refractivity (Wildman–Crippen MR) is 69.8 cm³/mol. The first-order chi connectivity index (χ1) is 8.80. The third-order valence-electron chi connectivity index (χ3n) is 3.25. The summed E-state index contributed by atoms with van der Waals surface area (Å²) in [6.07, 6.45) is 2.99. The van der Waals surface area contributed by atoms with Crippen molar-refractivity contribution in [1.29, 1.82) is 5.26 Å². The minimum atomic E-state index is -0.517. The summed E-state index contributed by atoms with van der Waals surface area (Å²) in [6, 6.07) is 16.1. The Hall–Kier alpha value is -2.21. The van der Waals surface area contributed by atoms with Gasteiger partial charge in [0.15, 0.2) is 0 Å². The molecular weight excluding hydrogens is 222 g/mol. The summed E-state index contributed by atoms with van der Waals surface area (Å²) in [5.74, 6) is 0. The van der Waals surface area contributed by atoms with Crippen molar-refractivity contribution in [2.24, 2.45) is 0 Å². The lowest BCUT2D eigenvalue weighted by molar-refractivity contribution is 0.516. The first-order valence-electron chi connectivity index (χ1n) is 6.04. The van der Waals surface area contributed by atoms with E-state index in [1.54, 1.807) is 6.20 Å². The maximum Gasteiger partial charge on any atom is 0.0875 e. The van der Waals surface area contributed by atoms with Gasteiger partial charge in [-0.25, -0.2) is 0 Å². The smallest absolute Gasteiger partial charge is 0.0875 e. The molecule has 0 fully saturated rings. The zero-order valence-corrected chi connectivity index (χ0v) is 10.4. The molecule has 3 nitrogen and oxygen atoms in total. The first kappa shape index (κ1) is 12.3. The number of rotatable bonds is 4. The molecule has 2 rings (SSSR count). The van der Waals surface area contributed by atoms with E-state index in [1.165, 1.54) is 0 Å². The zero-order valence-electron chi connectivity index (χ0n) is 10.4. The summed E-state index contributed by atoms with van der Waals surface area (Å²) in [5.41, 5.74) is 1.38. The fourth-order valence-electron chi connectivity index (χ4n) is 2.11. The Bertz CT molecular complexity index is 531. The number of nitrogens with zero attached hydrogens (tertiary/aromatic N) is 3. The number of hydrogen-bond acceptors (Lipinski definition) is 3. The van der Waals surface area contributed by atoms with Crippen LogP contribution in [0.4, 0.5) is 0 Å². The molecule has 0 bridgehead atoms. The lowest BCUT2D eigenvalue weighted by Crippen LogP contribution is -2.26. The normalized spacial score (nSPS) is 13.6. The summed E-state index contributed by atoms with van der Waals surface area (Å²) in [7, 11) is 0. The quantitative estimate of drug-likeness (QED) is 0.821. The van der Waals surface area contributed by atoms with Crippen LogP contribution in [0.1, 0.15) is 24.6 Å². The second-order valence-electron chi connectivity index (χ2n) is 4.31. The van der Waals surface area contributed by atoms with E-state index in [0.29, 0.717) is 6.42 Å². The Morgan fingerprint density at radius 1 is 1.17 bits per heavy atom. The van der Waals surface area contributed by atoms with Gasteiger partial charge in [-0.3, -0.25) is 0 Å². The number of aromatic nitrogens is 2. The fraction of sp³-hybridized carbons (Fsp3) is 0.267. The SMILES string of the molecule is CCC(C#N)(Cc1cccnn1)c1ccccc1. The second kappa shape index (κ2) is 5.42. The van der Waals surface area contributed by atoms with Gasteiger partial charge >= 0.3 is 0 Å². The van der Waals surface area contributed by atoms with Crippen molar-refractivity contribution < 1.29 is 0 Å². The first-order valence-corrected chi connectivity index (χ1v) is 6.04. The molecule has 0 radical (unpaired) electrons. The zero-order chi connectivity index (χ0) is 12.8. The molecule has 18 heavy (non-hydrogen) atoms. The van der Waals surface area contributed by atoms with Crippen LogP contribution in [0.3, 0.4) is 0 Å². The average Bonchev–Trinajstić information content (AvgIpc) is 2.47. The molecule has 0 aliphatic rings. The number of nitriles is 1. The summed E-state index contributed by atoms with van der Waals surface area (Å²) in [6.45, 7) is 2.03. The van der Waals surface area contributed by atoms with E-state index in [4.69, 9.17) is 0 Å². The van der Waals surface area contributed by atoms with Gasteiger partial charge in [-0.15, -0.1) is 0 Å². The maximum absolute atomic E-state index is 9.59. The van der Waals surface area contributed by atoms with Crippen LogP contribution < -0.4 is 0 Å². The van der Waals surface area contributed by atoms with E-state index >= 15 is 0 Å². The minimum absolute atomic E-state index is 0.517. The van der Waals surface area contributed by atoms with Gasteiger partial charge in [0.25, 0.3) is 0 Å². The van der Waals surface area contributed by atoms with Crippen LogP contribution >= 0.6 is 0 Å². The summed E-state index contributed by atoms with van der Waals surface area (Å²) >= 11 is 0. The summed E-state index contributed by atoms with van der Waals surface area (Å²) in [4.78, 5) is 0.